The van der Waals surface area contributed by atoms with E-state index in [4.69, 9.17) is 0 Å². The first-order valence-electron chi connectivity index (χ1n) is 21.9. The normalized spacial score (nSPS) is 13.0. The SMILES string of the molecule is Cc1cc(C)c(-c2cc3c4ccc5c(cc6c7ccc(C(C)(C)C)cc7c7cc(-c8c(C)cc(C)cc8C)cc5c76)c4cc4c5ccc(C(C)(C)C)cc5c(c2)c34)c(C)c1. The largest absolute Gasteiger partial charge is 0.0578 e. The predicted molar refractivity (Wildman–Crippen MR) is 266 cm³/mol. The van der Waals surface area contributed by atoms with Crippen LogP contribution in [0.5, 0.6) is 0 Å². The van der Waals surface area contributed by atoms with Gasteiger partial charge in [0.15, 0.2) is 0 Å². The summed E-state index contributed by atoms with van der Waals surface area (Å²) in [4.78, 5) is 0. The molecule has 0 heteroatoms. The second-order valence-corrected chi connectivity index (χ2v) is 20.6. The van der Waals surface area contributed by atoms with Crippen molar-refractivity contribution in [2.24, 2.45) is 0 Å². The molecule has 0 spiro atoms. The number of benzene rings is 9. The van der Waals surface area contributed by atoms with E-state index < -0.39 is 0 Å². The van der Waals surface area contributed by atoms with E-state index in [1.807, 2.05) is 0 Å². The lowest BCUT2D eigenvalue weighted by molar-refractivity contribution is 0.591. The van der Waals surface area contributed by atoms with Crippen molar-refractivity contribution in [3.05, 3.63) is 154 Å². The van der Waals surface area contributed by atoms with Gasteiger partial charge in [0.1, 0.15) is 0 Å². The number of hydrogen-bond acceptors (Lipinski definition) is 0. The van der Waals surface area contributed by atoms with Crippen LogP contribution in [0.2, 0.25) is 0 Å². The summed E-state index contributed by atoms with van der Waals surface area (Å²) in [6, 6.07) is 43.9. The summed E-state index contributed by atoms with van der Waals surface area (Å²) in [5.74, 6) is 0. The van der Waals surface area contributed by atoms with Gasteiger partial charge < -0.3 is 0 Å². The Morgan fingerprint density at radius 3 is 0.850 bits per heavy atom. The van der Waals surface area contributed by atoms with Crippen LogP contribution in [-0.2, 0) is 10.8 Å². The van der Waals surface area contributed by atoms with Gasteiger partial charge in [-0.15, -0.1) is 0 Å². The van der Waals surface area contributed by atoms with Crippen LogP contribution in [0.4, 0.5) is 0 Å². The Morgan fingerprint density at radius 2 is 0.533 bits per heavy atom. The van der Waals surface area contributed by atoms with Crippen LogP contribution in [-0.4, -0.2) is 0 Å². The zero-order valence-electron chi connectivity index (χ0n) is 37.4. The van der Waals surface area contributed by atoms with Crippen LogP contribution in [0.1, 0.15) is 86.1 Å². The van der Waals surface area contributed by atoms with Crippen molar-refractivity contribution in [1.82, 2.24) is 0 Å². The van der Waals surface area contributed by atoms with E-state index in [-0.39, 0.29) is 10.8 Å². The highest BCUT2D eigenvalue weighted by Crippen LogP contribution is 2.50. The molecule has 0 aliphatic rings. The molecule has 0 aromatic heterocycles. The van der Waals surface area contributed by atoms with Crippen molar-refractivity contribution in [2.75, 3.05) is 0 Å². The lowest BCUT2D eigenvalue weighted by Crippen LogP contribution is -2.10. The maximum atomic E-state index is 2.55. The molecule has 0 aliphatic heterocycles. The Kier molecular flexibility index (Phi) is 7.59. The first-order chi connectivity index (χ1) is 28.5. The van der Waals surface area contributed by atoms with Crippen LogP contribution in [0.15, 0.2) is 109 Å². The molecular weight excluding hydrogens is 721 g/mol. The minimum absolute atomic E-state index is 0.0482. The molecule has 0 N–H and O–H groups in total. The first kappa shape index (κ1) is 37.1. The summed E-state index contributed by atoms with van der Waals surface area (Å²) in [5, 5.41) is 21.6. The minimum Gasteiger partial charge on any atom is -0.0578 e. The fourth-order valence-electron chi connectivity index (χ4n) is 11.5. The topological polar surface area (TPSA) is 0 Å². The molecule has 0 fully saturated rings. The summed E-state index contributed by atoms with van der Waals surface area (Å²) < 4.78 is 0. The summed E-state index contributed by atoms with van der Waals surface area (Å²) in [6.45, 7) is 27.5. The zero-order valence-corrected chi connectivity index (χ0v) is 37.4. The van der Waals surface area contributed by atoms with E-state index in [1.165, 1.54) is 153 Å². The molecule has 0 saturated heterocycles. The van der Waals surface area contributed by atoms with Gasteiger partial charge in [0.05, 0.1) is 0 Å². The van der Waals surface area contributed by atoms with Gasteiger partial charge in [-0.3, -0.25) is 0 Å². The molecule has 0 radical (unpaired) electrons. The van der Waals surface area contributed by atoms with Gasteiger partial charge in [-0.25, -0.2) is 0 Å². The molecule has 60 heavy (non-hydrogen) atoms. The van der Waals surface area contributed by atoms with Crippen molar-refractivity contribution in [3.8, 4) is 22.3 Å². The van der Waals surface area contributed by atoms with Crippen molar-refractivity contribution >= 4 is 86.2 Å². The Hall–Kier alpha value is -5.98. The summed E-state index contributed by atoms with van der Waals surface area (Å²) >= 11 is 0. The summed E-state index contributed by atoms with van der Waals surface area (Å²) in [7, 11) is 0. The second kappa shape index (κ2) is 12.3. The minimum atomic E-state index is 0.0482. The van der Waals surface area contributed by atoms with E-state index in [0.29, 0.717) is 0 Å². The molecule has 0 aliphatic carbocycles. The summed E-state index contributed by atoms with van der Waals surface area (Å²) in [6.07, 6.45) is 0. The molecule has 0 heterocycles. The maximum Gasteiger partial charge on any atom is -0.00195 e. The van der Waals surface area contributed by atoms with E-state index in [2.05, 4.69) is 192 Å². The second-order valence-electron chi connectivity index (χ2n) is 20.6. The third kappa shape index (κ3) is 5.22. The molecule has 0 nitrogen and oxygen atoms in total. The Bertz CT molecular complexity index is 3360. The Morgan fingerprint density at radius 1 is 0.267 bits per heavy atom. The van der Waals surface area contributed by atoms with E-state index in [0.717, 1.165) is 0 Å². The zero-order chi connectivity index (χ0) is 41.9. The van der Waals surface area contributed by atoms with Gasteiger partial charge >= 0.3 is 0 Å². The van der Waals surface area contributed by atoms with Crippen molar-refractivity contribution in [1.29, 1.82) is 0 Å². The van der Waals surface area contributed by atoms with Crippen LogP contribution in [0.25, 0.3) is 108 Å². The third-order valence-corrected chi connectivity index (χ3v) is 14.1. The third-order valence-electron chi connectivity index (χ3n) is 14.1. The lowest BCUT2D eigenvalue weighted by atomic mass is 9.86. The van der Waals surface area contributed by atoms with Crippen LogP contribution in [0, 0.1) is 41.5 Å². The molecule has 294 valence electrons. The quantitative estimate of drug-likeness (QED) is 0.153. The van der Waals surface area contributed by atoms with Crippen molar-refractivity contribution in [2.45, 2.75) is 93.9 Å². The fraction of sp³-hybridized carbons (Fsp3) is 0.233. The highest BCUT2D eigenvalue weighted by molar-refractivity contribution is 6.40. The monoisotopic (exact) mass is 774 g/mol. The van der Waals surface area contributed by atoms with Crippen LogP contribution >= 0.6 is 0 Å². The molecule has 0 bridgehead atoms. The molecule has 0 atom stereocenters. The standard InChI is InChI=1S/C60H54/c1-31-19-33(3)55(34(4)20-31)37-23-49-43-17-18-44-48(47(43)29-53-41-15-13-39(59(7,8)9)27-45(41)51(25-37)57(49)53)30-54-42-16-14-40(60(10,11)12)28-46(42)52-26-38(24-50(44)58(52)54)56-35(5)21-32(2)22-36(56)6/h13-30H,1-12H3. The molecule has 11 rings (SSSR count). The molecule has 11 aromatic carbocycles. The highest BCUT2D eigenvalue weighted by Gasteiger charge is 2.24. The van der Waals surface area contributed by atoms with Gasteiger partial charge in [0, 0.05) is 0 Å². The summed E-state index contributed by atoms with van der Waals surface area (Å²) in [5.41, 5.74) is 16.1. The molecule has 0 saturated carbocycles. The number of fused-ring (bicyclic) bond motifs is 11. The average Bonchev–Trinajstić information content (AvgIpc) is 3.65. The molecule has 11 aromatic rings. The van der Waals surface area contributed by atoms with Crippen LogP contribution < -0.4 is 0 Å². The average molecular weight is 775 g/mol. The van der Waals surface area contributed by atoms with Gasteiger partial charge in [-0.05, 0) is 243 Å². The Labute approximate surface area is 354 Å². The van der Waals surface area contributed by atoms with Gasteiger partial charge in [0.2, 0.25) is 0 Å². The van der Waals surface area contributed by atoms with E-state index >= 15 is 0 Å². The maximum absolute atomic E-state index is 2.55. The van der Waals surface area contributed by atoms with E-state index in [9.17, 15) is 0 Å². The predicted octanol–water partition coefficient (Wildman–Crippen LogP) is 17.6. The highest BCUT2D eigenvalue weighted by atomic mass is 14.3. The smallest absolute Gasteiger partial charge is 0.00195 e. The van der Waals surface area contributed by atoms with Crippen molar-refractivity contribution in [3.63, 3.8) is 0 Å². The molecule has 0 amide bonds. The van der Waals surface area contributed by atoms with Gasteiger partial charge in [0.25, 0.3) is 0 Å². The fourth-order valence-corrected chi connectivity index (χ4v) is 11.5. The van der Waals surface area contributed by atoms with Gasteiger partial charge in [-0.2, -0.15) is 0 Å². The first-order valence-corrected chi connectivity index (χ1v) is 21.9. The Balaban J connectivity index is 1.33. The van der Waals surface area contributed by atoms with Gasteiger partial charge in [-0.1, -0.05) is 113 Å². The number of aryl methyl sites for hydroxylation is 6. The molecular formula is C60H54. The molecule has 0 unspecified atom stereocenters. The lowest BCUT2D eigenvalue weighted by Gasteiger charge is -2.19. The van der Waals surface area contributed by atoms with E-state index in [1.54, 1.807) is 0 Å². The van der Waals surface area contributed by atoms with Crippen LogP contribution in [0.3, 0.4) is 0 Å². The van der Waals surface area contributed by atoms with Crippen molar-refractivity contribution < 1.29 is 0 Å². The number of hydrogen-bond donors (Lipinski definition) is 0. The number of rotatable bonds is 2.